The van der Waals surface area contributed by atoms with E-state index in [9.17, 15) is 18.0 Å². The molecule has 2 amide bonds. The molecule has 2 aromatic rings. The molecule has 0 aromatic heterocycles. The summed E-state index contributed by atoms with van der Waals surface area (Å²) < 4.78 is 23.2. The lowest BCUT2D eigenvalue weighted by atomic mass is 10.0. The third-order valence-electron chi connectivity index (χ3n) is 4.94. The quantitative estimate of drug-likeness (QED) is 0.808. The Bertz CT molecular complexity index is 966. The van der Waals surface area contributed by atoms with Gasteiger partial charge < -0.3 is 10.2 Å². The smallest absolute Gasteiger partial charge is 0.251 e. The number of benzene rings is 2. The second-order valence-corrected chi connectivity index (χ2v) is 8.99. The number of hydrogen-bond acceptors (Lipinski definition) is 4. The number of carbonyl (C=O) groups excluding carboxylic acids is 2. The summed E-state index contributed by atoms with van der Waals surface area (Å²) in [4.78, 5) is 26.4. The van der Waals surface area contributed by atoms with Gasteiger partial charge in [0, 0.05) is 30.5 Å². The van der Waals surface area contributed by atoms with Crippen LogP contribution in [0.25, 0.3) is 0 Å². The summed E-state index contributed by atoms with van der Waals surface area (Å²) in [7, 11) is -3.25. The number of nitrogens with one attached hydrogen (secondary N) is 1. The zero-order valence-corrected chi connectivity index (χ0v) is 16.8. The predicted molar refractivity (Wildman–Crippen MR) is 108 cm³/mol. The Kier molecular flexibility index (Phi) is 5.84. The van der Waals surface area contributed by atoms with E-state index in [4.69, 9.17) is 0 Å². The summed E-state index contributed by atoms with van der Waals surface area (Å²) in [6.45, 7) is 2.67. The molecule has 6 nitrogen and oxygen atoms in total. The van der Waals surface area contributed by atoms with E-state index in [-0.39, 0.29) is 22.8 Å². The topological polar surface area (TPSA) is 83.6 Å². The van der Waals surface area contributed by atoms with Gasteiger partial charge in [0.25, 0.3) is 5.91 Å². The van der Waals surface area contributed by atoms with Crippen molar-refractivity contribution in [2.24, 2.45) is 0 Å². The predicted octanol–water partition coefficient (Wildman–Crippen LogP) is 3.10. The molecule has 3 rings (SSSR count). The first-order valence-corrected chi connectivity index (χ1v) is 11.2. The van der Waals surface area contributed by atoms with Crippen molar-refractivity contribution in [3.05, 3.63) is 59.7 Å². The molecule has 0 radical (unpaired) electrons. The summed E-state index contributed by atoms with van der Waals surface area (Å²) >= 11 is 0. The van der Waals surface area contributed by atoms with Crippen molar-refractivity contribution in [3.8, 4) is 0 Å². The molecule has 1 atom stereocenters. The lowest BCUT2D eigenvalue weighted by molar-refractivity contribution is -0.117. The molecule has 1 saturated heterocycles. The number of sulfone groups is 1. The first kappa shape index (κ1) is 20.1. The fraction of sp³-hybridized carbons (Fsp3) is 0.333. The standard InChI is InChI=1S/C21H24N2O4S/c1-3-19(15-8-12-18(13-9-15)28(2,26)27)22-21(25)16-6-10-17(11-7-16)23-14-4-5-20(23)24/h6-13,19H,3-5,14H2,1-2H3,(H,22,25)/t19-/m1/s1. The third-order valence-corrected chi connectivity index (χ3v) is 6.07. The summed E-state index contributed by atoms with van der Waals surface area (Å²) in [5.41, 5.74) is 2.17. The van der Waals surface area contributed by atoms with Crippen LogP contribution in [0.2, 0.25) is 0 Å². The molecule has 148 valence electrons. The van der Waals surface area contributed by atoms with Crippen LogP contribution < -0.4 is 10.2 Å². The minimum atomic E-state index is -3.25. The van der Waals surface area contributed by atoms with Gasteiger partial charge in [-0.3, -0.25) is 9.59 Å². The van der Waals surface area contributed by atoms with Gasteiger partial charge in [0.05, 0.1) is 10.9 Å². The molecular weight excluding hydrogens is 376 g/mol. The summed E-state index contributed by atoms with van der Waals surface area (Å²) in [6.07, 6.45) is 3.26. The highest BCUT2D eigenvalue weighted by molar-refractivity contribution is 7.90. The maximum Gasteiger partial charge on any atom is 0.251 e. The van der Waals surface area contributed by atoms with E-state index in [2.05, 4.69) is 5.32 Å². The van der Waals surface area contributed by atoms with E-state index >= 15 is 0 Å². The van der Waals surface area contributed by atoms with Crippen LogP contribution in [0.15, 0.2) is 53.4 Å². The Hall–Kier alpha value is -2.67. The molecule has 1 heterocycles. The number of amides is 2. The molecule has 0 unspecified atom stereocenters. The Morgan fingerprint density at radius 1 is 1.11 bits per heavy atom. The van der Waals surface area contributed by atoms with Crippen LogP contribution in [0.5, 0.6) is 0 Å². The van der Waals surface area contributed by atoms with Crippen molar-refractivity contribution in [3.63, 3.8) is 0 Å². The van der Waals surface area contributed by atoms with Crippen LogP contribution in [0.3, 0.4) is 0 Å². The molecule has 1 fully saturated rings. The number of rotatable bonds is 6. The second kappa shape index (κ2) is 8.14. The lowest BCUT2D eigenvalue weighted by Crippen LogP contribution is -2.28. The van der Waals surface area contributed by atoms with Gasteiger partial charge in [0.2, 0.25) is 5.91 Å². The van der Waals surface area contributed by atoms with Gasteiger partial charge in [-0.05, 0) is 54.8 Å². The van der Waals surface area contributed by atoms with Crippen LogP contribution in [0.1, 0.15) is 48.1 Å². The minimum absolute atomic E-state index is 0.112. The zero-order valence-electron chi connectivity index (χ0n) is 16.0. The zero-order chi connectivity index (χ0) is 20.3. The van der Waals surface area contributed by atoms with E-state index in [1.54, 1.807) is 53.4 Å². The fourth-order valence-electron chi connectivity index (χ4n) is 3.32. The molecular formula is C21H24N2O4S. The van der Waals surface area contributed by atoms with Gasteiger partial charge in [0.15, 0.2) is 9.84 Å². The van der Waals surface area contributed by atoms with E-state index in [0.29, 0.717) is 24.9 Å². The van der Waals surface area contributed by atoms with Gasteiger partial charge in [-0.2, -0.15) is 0 Å². The average Bonchev–Trinajstić information content (AvgIpc) is 3.11. The molecule has 0 spiro atoms. The van der Waals surface area contributed by atoms with Gasteiger partial charge >= 0.3 is 0 Å². The highest BCUT2D eigenvalue weighted by atomic mass is 32.2. The van der Waals surface area contributed by atoms with Crippen molar-refractivity contribution in [1.82, 2.24) is 5.32 Å². The van der Waals surface area contributed by atoms with Gasteiger partial charge in [-0.15, -0.1) is 0 Å². The Morgan fingerprint density at radius 3 is 2.25 bits per heavy atom. The normalized spacial score (nSPS) is 15.5. The average molecular weight is 401 g/mol. The molecule has 1 aliphatic heterocycles. The fourth-order valence-corrected chi connectivity index (χ4v) is 3.95. The Morgan fingerprint density at radius 2 is 1.75 bits per heavy atom. The van der Waals surface area contributed by atoms with Gasteiger partial charge in [0.1, 0.15) is 0 Å². The van der Waals surface area contributed by atoms with Crippen LogP contribution >= 0.6 is 0 Å². The summed E-state index contributed by atoms with van der Waals surface area (Å²) in [6, 6.07) is 13.4. The van der Waals surface area contributed by atoms with Crippen LogP contribution in [-0.4, -0.2) is 33.0 Å². The number of anilines is 1. The molecule has 2 aromatic carbocycles. The Labute approximate surface area is 165 Å². The Balaban J connectivity index is 1.70. The van der Waals surface area contributed by atoms with Crippen molar-refractivity contribution < 1.29 is 18.0 Å². The maximum absolute atomic E-state index is 12.6. The minimum Gasteiger partial charge on any atom is -0.345 e. The van der Waals surface area contributed by atoms with E-state index in [0.717, 1.165) is 17.7 Å². The molecule has 0 saturated carbocycles. The summed E-state index contributed by atoms with van der Waals surface area (Å²) in [5.74, 6) is -0.0980. The maximum atomic E-state index is 12.6. The van der Waals surface area contributed by atoms with Gasteiger partial charge in [-0.1, -0.05) is 19.1 Å². The van der Waals surface area contributed by atoms with Crippen LogP contribution in [0.4, 0.5) is 5.69 Å². The summed E-state index contributed by atoms with van der Waals surface area (Å²) in [5, 5.41) is 2.99. The SMILES string of the molecule is CC[C@@H](NC(=O)c1ccc(N2CCCC2=O)cc1)c1ccc(S(C)(=O)=O)cc1. The van der Waals surface area contributed by atoms with E-state index in [1.165, 1.54) is 6.26 Å². The van der Waals surface area contributed by atoms with E-state index < -0.39 is 9.84 Å². The number of carbonyl (C=O) groups is 2. The third kappa shape index (κ3) is 4.42. The molecule has 28 heavy (non-hydrogen) atoms. The molecule has 0 aliphatic carbocycles. The van der Waals surface area contributed by atoms with Gasteiger partial charge in [-0.25, -0.2) is 8.42 Å². The van der Waals surface area contributed by atoms with Crippen molar-refractivity contribution >= 4 is 27.3 Å². The molecule has 0 bridgehead atoms. The number of hydrogen-bond donors (Lipinski definition) is 1. The molecule has 7 heteroatoms. The van der Waals surface area contributed by atoms with Crippen molar-refractivity contribution in [1.29, 1.82) is 0 Å². The molecule has 1 N–H and O–H groups in total. The van der Waals surface area contributed by atoms with Crippen molar-refractivity contribution in [2.75, 3.05) is 17.7 Å². The largest absolute Gasteiger partial charge is 0.345 e. The highest BCUT2D eigenvalue weighted by Gasteiger charge is 2.22. The second-order valence-electron chi connectivity index (χ2n) is 6.97. The number of nitrogens with zero attached hydrogens (tertiary/aromatic N) is 1. The first-order chi connectivity index (χ1) is 13.3. The highest BCUT2D eigenvalue weighted by Crippen LogP contribution is 2.23. The van der Waals surface area contributed by atoms with Crippen LogP contribution in [-0.2, 0) is 14.6 Å². The molecule has 1 aliphatic rings. The van der Waals surface area contributed by atoms with E-state index in [1.807, 2.05) is 6.92 Å². The van der Waals surface area contributed by atoms with Crippen molar-refractivity contribution in [2.45, 2.75) is 37.1 Å². The first-order valence-electron chi connectivity index (χ1n) is 9.31. The lowest BCUT2D eigenvalue weighted by Gasteiger charge is -2.19. The monoisotopic (exact) mass is 400 g/mol. The van der Waals surface area contributed by atoms with Crippen LogP contribution in [0, 0.1) is 0 Å².